The summed E-state index contributed by atoms with van der Waals surface area (Å²) < 4.78 is 54.5. The molecule has 0 aromatic heterocycles. The van der Waals surface area contributed by atoms with Gasteiger partial charge in [0.2, 0.25) is 0 Å². The number of non-ortho nitro benzene ring substituents is 1. The molecule has 0 aliphatic carbocycles. The molecule has 41 heavy (non-hydrogen) atoms. The third-order valence-electron chi connectivity index (χ3n) is 6.34. The number of carbonyl (C=O) groups is 3. The second kappa shape index (κ2) is 13.2. The molecular formula is C28H27F3N2O8. The summed E-state index contributed by atoms with van der Waals surface area (Å²) in [5, 5.41) is 11.5. The number of halogens is 3. The number of nitro benzene ring substituents is 1. The lowest BCUT2D eigenvalue weighted by molar-refractivity contribution is -0.384. The zero-order valence-electron chi connectivity index (χ0n) is 22.3. The Bertz CT molecular complexity index is 1370. The van der Waals surface area contributed by atoms with Gasteiger partial charge in [-0.3, -0.25) is 19.9 Å². The monoisotopic (exact) mass is 576 g/mol. The number of nitrogens with zero attached hydrogens (tertiary/aromatic N) is 2. The molecule has 10 nitrogen and oxygen atoms in total. The first-order valence-corrected chi connectivity index (χ1v) is 12.5. The van der Waals surface area contributed by atoms with Crippen LogP contribution >= 0.6 is 0 Å². The van der Waals surface area contributed by atoms with Crippen molar-refractivity contribution in [3.8, 4) is 0 Å². The maximum absolute atomic E-state index is 13.4. The maximum atomic E-state index is 13.4. The van der Waals surface area contributed by atoms with Crippen molar-refractivity contribution in [3.05, 3.63) is 87.1 Å². The van der Waals surface area contributed by atoms with Gasteiger partial charge in [0.15, 0.2) is 0 Å². The van der Waals surface area contributed by atoms with Gasteiger partial charge in [-0.2, -0.15) is 13.2 Å². The number of carbonyl (C=O) groups excluding carboxylic acids is 3. The maximum Gasteiger partial charge on any atom is 0.490 e. The number of rotatable bonds is 10. The van der Waals surface area contributed by atoms with Gasteiger partial charge in [0.05, 0.1) is 29.9 Å². The first-order valence-electron chi connectivity index (χ1n) is 12.5. The molecule has 3 atom stereocenters. The second-order valence-electron chi connectivity index (χ2n) is 9.08. The molecule has 0 saturated heterocycles. The molecule has 3 rings (SSSR count). The Balaban J connectivity index is 2.21. The molecule has 0 spiro atoms. The Labute approximate surface area is 233 Å². The molecule has 218 valence electrons. The van der Waals surface area contributed by atoms with Gasteiger partial charge in [-0.05, 0) is 25.0 Å². The van der Waals surface area contributed by atoms with E-state index in [1.165, 1.54) is 38.1 Å². The number of nitro groups is 1. The third-order valence-corrected chi connectivity index (χ3v) is 6.34. The van der Waals surface area contributed by atoms with Gasteiger partial charge in [-0.1, -0.05) is 42.5 Å². The highest BCUT2D eigenvalue weighted by Gasteiger charge is 2.45. The van der Waals surface area contributed by atoms with Gasteiger partial charge >= 0.3 is 24.1 Å². The molecule has 1 aliphatic heterocycles. The molecule has 0 fully saturated rings. The first-order chi connectivity index (χ1) is 19.4. The fraction of sp³-hybridized carbons (Fsp3) is 0.357. The number of hydrogen-bond donors (Lipinski definition) is 0. The van der Waals surface area contributed by atoms with Crippen molar-refractivity contribution in [1.82, 2.24) is 0 Å². The number of methoxy groups -OCH3 is 1. The summed E-state index contributed by atoms with van der Waals surface area (Å²) in [4.78, 5) is 53.4. The van der Waals surface area contributed by atoms with E-state index in [4.69, 9.17) is 14.2 Å². The fourth-order valence-electron chi connectivity index (χ4n) is 4.63. The standard InChI is InChI=1S/C28H27F3N2O8/c1-4-40-26(35)24-21(15-20(41-27(36)28(29,30)31)13-17-9-6-5-7-10-17)32-16(2)22(25(34)39-3)23(24)18-11-8-12-19(14-18)33(37)38/h5-12,14,20,22-23H,4,13,15H2,1-3H3. The van der Waals surface area contributed by atoms with E-state index in [2.05, 4.69) is 4.99 Å². The summed E-state index contributed by atoms with van der Waals surface area (Å²) in [6, 6.07) is 13.5. The lowest BCUT2D eigenvalue weighted by Crippen LogP contribution is -2.37. The summed E-state index contributed by atoms with van der Waals surface area (Å²) in [5.41, 5.74) is 0.235. The van der Waals surface area contributed by atoms with Crippen LogP contribution in [0.4, 0.5) is 18.9 Å². The minimum absolute atomic E-state index is 0.0893. The smallest absolute Gasteiger partial charge is 0.468 e. The lowest BCUT2D eigenvalue weighted by atomic mass is 9.74. The third kappa shape index (κ3) is 7.56. The van der Waals surface area contributed by atoms with Crippen molar-refractivity contribution in [1.29, 1.82) is 0 Å². The molecular weight excluding hydrogens is 549 g/mol. The second-order valence-corrected chi connectivity index (χ2v) is 9.08. The van der Waals surface area contributed by atoms with Crippen LogP contribution in [0, 0.1) is 16.0 Å². The van der Waals surface area contributed by atoms with E-state index in [9.17, 15) is 37.7 Å². The van der Waals surface area contributed by atoms with Gasteiger partial charge in [0, 0.05) is 36.6 Å². The van der Waals surface area contributed by atoms with E-state index in [-0.39, 0.29) is 41.3 Å². The average Bonchev–Trinajstić information content (AvgIpc) is 2.92. The number of esters is 3. The molecule has 1 aliphatic rings. The highest BCUT2D eigenvalue weighted by Crippen LogP contribution is 2.42. The summed E-state index contributed by atoms with van der Waals surface area (Å²) in [6.45, 7) is 2.89. The van der Waals surface area contributed by atoms with Crippen LogP contribution in [0.25, 0.3) is 0 Å². The van der Waals surface area contributed by atoms with Crippen molar-refractivity contribution < 1.29 is 46.7 Å². The molecule has 0 radical (unpaired) electrons. The quantitative estimate of drug-likeness (QED) is 0.169. The Morgan fingerprint density at radius 3 is 2.34 bits per heavy atom. The van der Waals surface area contributed by atoms with Gasteiger partial charge < -0.3 is 14.2 Å². The van der Waals surface area contributed by atoms with Crippen molar-refractivity contribution in [3.63, 3.8) is 0 Å². The molecule has 13 heteroatoms. The van der Waals surface area contributed by atoms with Crippen molar-refractivity contribution in [2.45, 2.75) is 44.9 Å². The summed E-state index contributed by atoms with van der Waals surface area (Å²) >= 11 is 0. The molecule has 3 unspecified atom stereocenters. The highest BCUT2D eigenvalue weighted by atomic mass is 19.4. The Hall–Kier alpha value is -4.55. The lowest BCUT2D eigenvalue weighted by Gasteiger charge is -2.32. The van der Waals surface area contributed by atoms with Crippen molar-refractivity contribution in [2.75, 3.05) is 13.7 Å². The summed E-state index contributed by atoms with van der Waals surface area (Å²) in [7, 11) is 1.12. The minimum Gasteiger partial charge on any atom is -0.468 e. The van der Waals surface area contributed by atoms with Gasteiger partial charge in [-0.25, -0.2) is 9.59 Å². The van der Waals surface area contributed by atoms with Crippen LogP contribution in [-0.2, 0) is 35.0 Å². The molecule has 0 bridgehead atoms. The minimum atomic E-state index is -5.28. The Morgan fingerprint density at radius 1 is 1.07 bits per heavy atom. The molecule has 1 heterocycles. The topological polar surface area (TPSA) is 134 Å². The average molecular weight is 577 g/mol. The fourth-order valence-corrected chi connectivity index (χ4v) is 4.63. The van der Waals surface area contributed by atoms with Crippen LogP contribution in [0.5, 0.6) is 0 Å². The normalized spacial score (nSPS) is 17.8. The van der Waals surface area contributed by atoms with E-state index >= 15 is 0 Å². The molecule has 0 saturated carbocycles. The van der Waals surface area contributed by atoms with Crippen LogP contribution in [0.3, 0.4) is 0 Å². The van der Waals surface area contributed by atoms with E-state index in [0.717, 1.165) is 7.11 Å². The number of benzene rings is 2. The molecule has 2 aromatic rings. The summed E-state index contributed by atoms with van der Waals surface area (Å²) in [6.07, 6.45) is -7.32. The SMILES string of the molecule is CCOC(=O)C1=C(CC(Cc2ccccc2)OC(=O)C(F)(F)F)N=C(C)C(C(=O)OC)C1c1cccc([N+](=O)[O-])c1. The van der Waals surface area contributed by atoms with Crippen LogP contribution in [0.15, 0.2) is 70.9 Å². The first kappa shape index (κ1) is 31.0. The molecule has 0 amide bonds. The van der Waals surface area contributed by atoms with Crippen LogP contribution in [0.2, 0.25) is 0 Å². The number of ether oxygens (including phenoxy) is 3. The van der Waals surface area contributed by atoms with E-state index in [1.54, 1.807) is 30.3 Å². The largest absolute Gasteiger partial charge is 0.490 e. The van der Waals surface area contributed by atoms with Crippen molar-refractivity contribution in [2.24, 2.45) is 10.9 Å². The van der Waals surface area contributed by atoms with E-state index in [1.807, 2.05) is 0 Å². The zero-order valence-corrected chi connectivity index (χ0v) is 22.3. The Kier molecular flexibility index (Phi) is 9.98. The van der Waals surface area contributed by atoms with Crippen LogP contribution in [0.1, 0.15) is 37.3 Å². The number of alkyl halides is 3. The van der Waals surface area contributed by atoms with E-state index < -0.39 is 53.4 Å². The number of hydrogen-bond acceptors (Lipinski definition) is 9. The Morgan fingerprint density at radius 2 is 1.76 bits per heavy atom. The number of aliphatic imine (C=N–C) groups is 1. The van der Waals surface area contributed by atoms with Gasteiger partial charge in [0.1, 0.15) is 12.0 Å². The molecule has 2 aromatic carbocycles. The zero-order chi connectivity index (χ0) is 30.3. The molecule has 0 N–H and O–H groups in total. The van der Waals surface area contributed by atoms with E-state index in [0.29, 0.717) is 5.56 Å². The predicted octanol–water partition coefficient (Wildman–Crippen LogP) is 4.87. The van der Waals surface area contributed by atoms with Crippen LogP contribution < -0.4 is 0 Å². The highest BCUT2D eigenvalue weighted by molar-refractivity contribution is 6.07. The van der Waals surface area contributed by atoms with Crippen molar-refractivity contribution >= 4 is 29.3 Å². The van der Waals surface area contributed by atoms with Gasteiger partial charge in [-0.15, -0.1) is 0 Å². The summed E-state index contributed by atoms with van der Waals surface area (Å²) in [5.74, 6) is -6.58. The predicted molar refractivity (Wildman–Crippen MR) is 139 cm³/mol. The van der Waals surface area contributed by atoms with Crippen LogP contribution in [-0.4, -0.2) is 54.5 Å². The van der Waals surface area contributed by atoms with Gasteiger partial charge in [0.25, 0.3) is 5.69 Å².